The maximum atomic E-state index is 13.1. The second-order valence-electron chi connectivity index (χ2n) is 10.9. The van der Waals surface area contributed by atoms with Crippen LogP contribution in [-0.2, 0) is 28.9 Å². The number of rotatable bonds is 7. The summed E-state index contributed by atoms with van der Waals surface area (Å²) in [5.41, 5.74) is 6.43. The summed E-state index contributed by atoms with van der Waals surface area (Å²) in [7, 11) is -2.20. The van der Waals surface area contributed by atoms with Gasteiger partial charge in [0.05, 0.1) is 16.5 Å². The SMILES string of the molecule is C=C(C)[C@H]1CC[C@@](C)(S[P+](=O)OC[C@H]2O[C@@](C#N)(c3ccc4c(N)ncnn34)[C@@H]3OC(C)(C)O[C@@H]32)[C@H](O)C1. The highest BCUT2D eigenvalue weighted by Crippen LogP contribution is 2.56. The van der Waals surface area contributed by atoms with Crippen LogP contribution in [0.25, 0.3) is 5.52 Å². The van der Waals surface area contributed by atoms with Gasteiger partial charge < -0.3 is 25.1 Å². The number of allylic oxidation sites excluding steroid dienone is 1. The summed E-state index contributed by atoms with van der Waals surface area (Å²) in [5.74, 6) is -0.453. The minimum Gasteiger partial charge on any atom is -0.392 e. The number of hydrogen-bond acceptors (Lipinski definition) is 11. The Labute approximate surface area is 226 Å². The van der Waals surface area contributed by atoms with E-state index in [-0.39, 0.29) is 18.3 Å². The van der Waals surface area contributed by atoms with Crippen LogP contribution < -0.4 is 5.73 Å². The number of fused-ring (bicyclic) bond motifs is 2. The largest absolute Gasteiger partial charge is 0.586 e. The molecule has 0 radical (unpaired) electrons. The topological polar surface area (TPSA) is 154 Å². The van der Waals surface area contributed by atoms with E-state index in [9.17, 15) is 14.9 Å². The highest BCUT2D eigenvalue weighted by Gasteiger charge is 2.66. The molecule has 3 aliphatic rings. The van der Waals surface area contributed by atoms with Gasteiger partial charge in [0.15, 0.2) is 23.0 Å². The van der Waals surface area contributed by atoms with E-state index in [2.05, 4.69) is 22.7 Å². The molecule has 8 atom stereocenters. The number of aromatic nitrogens is 3. The van der Waals surface area contributed by atoms with E-state index in [4.69, 9.17) is 24.5 Å². The number of anilines is 1. The van der Waals surface area contributed by atoms with E-state index in [1.807, 2.05) is 13.8 Å². The summed E-state index contributed by atoms with van der Waals surface area (Å²) >= 11 is 1.14. The first-order valence-corrected chi connectivity index (χ1v) is 15.2. The van der Waals surface area contributed by atoms with Gasteiger partial charge in [-0.05, 0) is 69.6 Å². The monoisotopic (exact) mass is 562 g/mol. The average Bonchev–Trinajstić information content (AvgIpc) is 3.50. The van der Waals surface area contributed by atoms with Crippen LogP contribution in [0.5, 0.6) is 0 Å². The zero-order valence-electron chi connectivity index (χ0n) is 21.9. The molecule has 0 aromatic carbocycles. The van der Waals surface area contributed by atoms with E-state index in [1.54, 1.807) is 26.0 Å². The van der Waals surface area contributed by atoms with Crippen molar-refractivity contribution >= 4 is 29.9 Å². The second-order valence-corrected chi connectivity index (χ2v) is 14.2. The molecule has 1 unspecified atom stereocenters. The lowest BCUT2D eigenvalue weighted by molar-refractivity contribution is -0.203. The summed E-state index contributed by atoms with van der Waals surface area (Å²) in [5, 5.41) is 25.5. The number of aliphatic hydroxyl groups is 1. The molecule has 13 heteroatoms. The molecule has 204 valence electrons. The van der Waals surface area contributed by atoms with Gasteiger partial charge in [-0.2, -0.15) is 10.4 Å². The molecule has 3 N–H and O–H groups in total. The van der Waals surface area contributed by atoms with Gasteiger partial charge in [0.25, 0.3) is 0 Å². The van der Waals surface area contributed by atoms with Gasteiger partial charge >= 0.3 is 7.23 Å². The Balaban J connectivity index is 1.34. The molecule has 0 amide bonds. The van der Waals surface area contributed by atoms with E-state index < -0.39 is 47.8 Å². The molecule has 0 spiro atoms. The zero-order chi connectivity index (χ0) is 27.5. The first-order valence-electron chi connectivity index (χ1n) is 12.6. The number of nitrogens with zero attached hydrogens (tertiary/aromatic N) is 4. The Bertz CT molecular complexity index is 1310. The number of ether oxygens (including phenoxy) is 3. The van der Waals surface area contributed by atoms with Gasteiger partial charge in [-0.25, -0.2) is 9.50 Å². The minimum atomic E-state index is -2.20. The number of aliphatic hydroxyl groups excluding tert-OH is 1. The van der Waals surface area contributed by atoms with Gasteiger partial charge in [0, 0.05) is 0 Å². The fraction of sp³-hybridized carbons (Fsp3) is 0.640. The lowest BCUT2D eigenvalue weighted by Gasteiger charge is -2.37. The van der Waals surface area contributed by atoms with Crippen molar-refractivity contribution in [2.45, 2.75) is 87.5 Å². The first kappa shape index (κ1) is 27.5. The van der Waals surface area contributed by atoms with E-state index in [1.165, 1.54) is 10.8 Å². The number of nitrogen functional groups attached to an aromatic ring is 1. The Morgan fingerprint density at radius 3 is 2.84 bits per heavy atom. The first-order chi connectivity index (χ1) is 17.9. The molecular weight excluding hydrogens is 529 g/mol. The third kappa shape index (κ3) is 4.64. The minimum absolute atomic E-state index is 0.0900. The highest BCUT2D eigenvalue weighted by atomic mass is 32.7. The fourth-order valence-corrected chi connectivity index (χ4v) is 8.70. The summed E-state index contributed by atoms with van der Waals surface area (Å²) in [6, 6.07) is 5.71. The predicted molar refractivity (Wildman–Crippen MR) is 141 cm³/mol. The molecule has 1 aliphatic carbocycles. The van der Waals surface area contributed by atoms with Crippen LogP contribution in [0.3, 0.4) is 0 Å². The van der Waals surface area contributed by atoms with Crippen molar-refractivity contribution in [2.75, 3.05) is 12.3 Å². The van der Waals surface area contributed by atoms with Crippen LogP contribution in [0.2, 0.25) is 0 Å². The van der Waals surface area contributed by atoms with E-state index >= 15 is 0 Å². The second kappa shape index (κ2) is 9.82. The summed E-state index contributed by atoms with van der Waals surface area (Å²) in [6.45, 7) is 11.3. The van der Waals surface area contributed by atoms with Crippen LogP contribution in [0.4, 0.5) is 5.82 Å². The van der Waals surface area contributed by atoms with E-state index in [0.29, 0.717) is 24.1 Å². The molecule has 2 aromatic heterocycles. The lowest BCUT2D eigenvalue weighted by atomic mass is 9.77. The predicted octanol–water partition coefficient (Wildman–Crippen LogP) is 3.85. The molecule has 1 saturated carbocycles. The van der Waals surface area contributed by atoms with Gasteiger partial charge in [-0.15, -0.1) is 4.52 Å². The normalized spacial score (nSPS) is 36.6. The van der Waals surface area contributed by atoms with Gasteiger partial charge in [-0.3, -0.25) is 0 Å². The Kier molecular flexibility index (Phi) is 7.10. The molecule has 3 fully saturated rings. The van der Waals surface area contributed by atoms with Crippen molar-refractivity contribution in [1.29, 1.82) is 5.26 Å². The third-order valence-corrected chi connectivity index (χ3v) is 11.2. The number of nitriles is 1. The van der Waals surface area contributed by atoms with Crippen LogP contribution in [0, 0.1) is 17.2 Å². The molecular formula is C25H33N5O6PS+. The van der Waals surface area contributed by atoms with Crippen LogP contribution in [0.15, 0.2) is 30.6 Å². The molecule has 2 aromatic rings. The third-order valence-electron chi connectivity index (χ3n) is 7.79. The number of hydrogen-bond donors (Lipinski definition) is 2. The molecule has 38 heavy (non-hydrogen) atoms. The summed E-state index contributed by atoms with van der Waals surface area (Å²) in [6.07, 6.45) is 0.625. The van der Waals surface area contributed by atoms with Crippen molar-refractivity contribution in [3.8, 4) is 6.07 Å². The molecule has 2 aliphatic heterocycles. The Morgan fingerprint density at radius 1 is 1.39 bits per heavy atom. The van der Waals surface area contributed by atoms with Crippen LogP contribution in [0.1, 0.15) is 52.7 Å². The van der Waals surface area contributed by atoms with Crippen LogP contribution >= 0.6 is 18.6 Å². The Hall–Kier alpha value is -2.10. The van der Waals surface area contributed by atoms with Crippen molar-refractivity contribution in [3.63, 3.8) is 0 Å². The summed E-state index contributed by atoms with van der Waals surface area (Å²) < 4.78 is 38.4. The molecule has 5 rings (SSSR count). The zero-order valence-corrected chi connectivity index (χ0v) is 23.6. The Morgan fingerprint density at radius 2 is 2.16 bits per heavy atom. The van der Waals surface area contributed by atoms with Gasteiger partial charge in [0.1, 0.15) is 42.8 Å². The molecule has 2 saturated heterocycles. The average molecular weight is 563 g/mol. The summed E-state index contributed by atoms with van der Waals surface area (Å²) in [4.78, 5) is 4.01. The van der Waals surface area contributed by atoms with Gasteiger partial charge in [-0.1, -0.05) is 12.2 Å². The highest BCUT2D eigenvalue weighted by molar-refractivity contribution is 8.51. The smallest absolute Gasteiger partial charge is 0.392 e. The molecule has 11 nitrogen and oxygen atoms in total. The van der Waals surface area contributed by atoms with Gasteiger partial charge in [0.2, 0.25) is 5.60 Å². The number of nitrogens with two attached hydrogens (primary N) is 1. The maximum absolute atomic E-state index is 13.1. The standard InChI is InChI=1S/C25H33N5O6PS/c1-14(2)15-8-9-24(5,19(31)10-15)38-37(32)33-11-17-20-21(36-23(3,4)35-20)25(12-26,34-17)18-7-6-16-22(27)28-13-29-30(16)18/h6-7,13,15,17,19-21,31H,1,8-11H2,2-5H3,(H2,27,28,29)/q+1/t15-,17+,19+,20+,21+,24+,25-/m0/s1. The van der Waals surface area contributed by atoms with Crippen molar-refractivity contribution in [1.82, 2.24) is 14.6 Å². The van der Waals surface area contributed by atoms with Crippen LogP contribution in [-0.4, -0.2) is 61.3 Å². The fourth-order valence-electron chi connectivity index (χ4n) is 5.61. The van der Waals surface area contributed by atoms with Crippen molar-refractivity contribution < 1.29 is 28.4 Å². The van der Waals surface area contributed by atoms with Crippen molar-refractivity contribution in [2.24, 2.45) is 5.92 Å². The van der Waals surface area contributed by atoms with E-state index in [0.717, 1.165) is 23.4 Å². The van der Waals surface area contributed by atoms with Crippen molar-refractivity contribution in [3.05, 3.63) is 36.3 Å². The maximum Gasteiger partial charge on any atom is 0.586 e. The molecule has 4 heterocycles. The quantitative estimate of drug-likeness (QED) is 0.373. The molecule has 0 bridgehead atoms. The lowest BCUT2D eigenvalue weighted by Crippen LogP contribution is -2.41.